The van der Waals surface area contributed by atoms with E-state index in [1.807, 2.05) is 6.92 Å². The quantitative estimate of drug-likeness (QED) is 0.696. The van der Waals surface area contributed by atoms with E-state index in [-0.39, 0.29) is 17.9 Å². The van der Waals surface area contributed by atoms with E-state index in [9.17, 15) is 9.59 Å². The zero-order valence-corrected chi connectivity index (χ0v) is 9.16. The molecule has 2 fully saturated rings. The summed E-state index contributed by atoms with van der Waals surface area (Å²) >= 11 is 0. The third-order valence-electron chi connectivity index (χ3n) is 3.35. The molecule has 2 amide bonds. The van der Waals surface area contributed by atoms with Gasteiger partial charge in [0.25, 0.3) is 0 Å². The number of rotatable bonds is 3. The van der Waals surface area contributed by atoms with E-state index in [1.54, 1.807) is 0 Å². The molecule has 1 saturated carbocycles. The first-order valence-corrected chi connectivity index (χ1v) is 5.82. The number of imide groups is 1. The predicted octanol–water partition coefficient (Wildman–Crippen LogP) is 0.666. The van der Waals surface area contributed by atoms with Gasteiger partial charge in [0.05, 0.1) is 12.5 Å². The van der Waals surface area contributed by atoms with Crippen LogP contribution in [-0.2, 0) is 9.59 Å². The second kappa shape index (κ2) is 4.31. The highest BCUT2D eigenvalue weighted by Crippen LogP contribution is 2.21. The molecule has 1 aliphatic heterocycles. The minimum atomic E-state index is -0.249. The van der Waals surface area contributed by atoms with Crippen molar-refractivity contribution in [3.63, 3.8) is 0 Å². The zero-order chi connectivity index (χ0) is 10.8. The van der Waals surface area contributed by atoms with Crippen molar-refractivity contribution in [1.82, 2.24) is 10.2 Å². The van der Waals surface area contributed by atoms with Gasteiger partial charge in [0.15, 0.2) is 0 Å². The van der Waals surface area contributed by atoms with Crippen LogP contribution in [-0.4, -0.2) is 35.3 Å². The number of hydrogen-bond acceptors (Lipinski definition) is 3. The van der Waals surface area contributed by atoms with Gasteiger partial charge in [-0.2, -0.15) is 0 Å². The minimum absolute atomic E-state index is 0.0296. The summed E-state index contributed by atoms with van der Waals surface area (Å²) < 4.78 is 0. The van der Waals surface area contributed by atoms with Crippen LogP contribution < -0.4 is 5.32 Å². The highest BCUT2D eigenvalue weighted by Gasteiger charge is 2.38. The fourth-order valence-corrected chi connectivity index (χ4v) is 2.52. The van der Waals surface area contributed by atoms with Gasteiger partial charge in [-0.1, -0.05) is 12.8 Å². The largest absolute Gasteiger partial charge is 0.303 e. The summed E-state index contributed by atoms with van der Waals surface area (Å²) in [5, 5.41) is 3.31. The van der Waals surface area contributed by atoms with Crippen LogP contribution in [0.3, 0.4) is 0 Å². The average Bonchev–Trinajstić information content (AvgIpc) is 2.78. The molecule has 0 aromatic heterocycles. The molecule has 1 N–H and O–H groups in total. The summed E-state index contributed by atoms with van der Waals surface area (Å²) in [5.74, 6) is -0.0626. The monoisotopic (exact) mass is 210 g/mol. The molecule has 2 aliphatic rings. The average molecular weight is 210 g/mol. The number of carbonyl (C=O) groups excluding carboxylic acids is 2. The van der Waals surface area contributed by atoms with Crippen molar-refractivity contribution in [2.24, 2.45) is 0 Å². The molecule has 1 aliphatic carbocycles. The van der Waals surface area contributed by atoms with Crippen molar-refractivity contribution >= 4 is 11.8 Å². The molecule has 2 rings (SSSR count). The van der Waals surface area contributed by atoms with Crippen molar-refractivity contribution in [3.05, 3.63) is 0 Å². The molecule has 15 heavy (non-hydrogen) atoms. The number of likely N-dealkylation sites (N-methyl/N-ethyl adjacent to an activating group) is 1. The third kappa shape index (κ3) is 2.04. The summed E-state index contributed by atoms with van der Waals surface area (Å²) in [6, 6.07) is 0.198. The van der Waals surface area contributed by atoms with Crippen molar-refractivity contribution < 1.29 is 9.59 Å². The van der Waals surface area contributed by atoms with Gasteiger partial charge < -0.3 is 5.32 Å². The number of carbonyl (C=O) groups is 2. The standard InChI is InChI=1S/C11H18N2O2/c1-2-13-10(14)7-9(11(13)15)12-8-5-3-4-6-8/h8-9,12H,2-7H2,1H3. The first kappa shape index (κ1) is 10.6. The van der Waals surface area contributed by atoms with Gasteiger partial charge in [-0.15, -0.1) is 0 Å². The maximum Gasteiger partial charge on any atom is 0.246 e. The molecule has 0 spiro atoms. The Labute approximate surface area is 90.0 Å². The number of hydrogen-bond donors (Lipinski definition) is 1. The minimum Gasteiger partial charge on any atom is -0.303 e. The normalized spacial score (nSPS) is 28.1. The third-order valence-corrected chi connectivity index (χ3v) is 3.35. The lowest BCUT2D eigenvalue weighted by molar-refractivity contribution is -0.138. The van der Waals surface area contributed by atoms with E-state index in [1.165, 1.54) is 17.7 Å². The van der Waals surface area contributed by atoms with Gasteiger partial charge >= 0.3 is 0 Å². The Balaban J connectivity index is 1.93. The van der Waals surface area contributed by atoms with Crippen molar-refractivity contribution in [2.45, 2.75) is 51.1 Å². The summed E-state index contributed by atoms with van der Waals surface area (Å²) in [5.41, 5.74) is 0. The molecular weight excluding hydrogens is 192 g/mol. The van der Waals surface area contributed by atoms with Gasteiger partial charge in [-0.3, -0.25) is 14.5 Å². The second-order valence-corrected chi connectivity index (χ2v) is 4.38. The molecule has 1 unspecified atom stereocenters. The number of nitrogens with one attached hydrogen (secondary N) is 1. The van der Waals surface area contributed by atoms with Gasteiger partial charge in [0, 0.05) is 12.6 Å². The number of nitrogens with zero attached hydrogens (tertiary/aromatic N) is 1. The lowest BCUT2D eigenvalue weighted by Gasteiger charge is -2.17. The molecule has 0 bridgehead atoms. The molecule has 0 radical (unpaired) electrons. The Morgan fingerprint density at radius 3 is 2.53 bits per heavy atom. The Morgan fingerprint density at radius 1 is 1.33 bits per heavy atom. The van der Waals surface area contributed by atoms with E-state index in [0.717, 1.165) is 12.8 Å². The van der Waals surface area contributed by atoms with Crippen LogP contribution in [0.25, 0.3) is 0 Å². The number of amides is 2. The lowest BCUT2D eigenvalue weighted by atomic mass is 10.2. The molecule has 84 valence electrons. The summed E-state index contributed by atoms with van der Waals surface area (Å²) in [7, 11) is 0. The lowest BCUT2D eigenvalue weighted by Crippen LogP contribution is -2.42. The Hall–Kier alpha value is -0.900. The number of likely N-dealkylation sites (tertiary alicyclic amines) is 1. The Bertz CT molecular complexity index is 272. The van der Waals surface area contributed by atoms with E-state index < -0.39 is 0 Å². The zero-order valence-electron chi connectivity index (χ0n) is 9.16. The van der Waals surface area contributed by atoms with E-state index >= 15 is 0 Å². The summed E-state index contributed by atoms with van der Waals surface area (Å²) in [6.45, 7) is 2.34. The van der Waals surface area contributed by atoms with Crippen molar-refractivity contribution in [2.75, 3.05) is 6.54 Å². The van der Waals surface area contributed by atoms with Crippen molar-refractivity contribution in [3.8, 4) is 0 Å². The van der Waals surface area contributed by atoms with Crippen molar-refractivity contribution in [1.29, 1.82) is 0 Å². The second-order valence-electron chi connectivity index (χ2n) is 4.38. The maximum absolute atomic E-state index is 11.8. The molecule has 1 saturated heterocycles. The van der Waals surface area contributed by atoms with Gasteiger partial charge in [-0.05, 0) is 19.8 Å². The Kier molecular flexibility index (Phi) is 3.05. The molecule has 4 heteroatoms. The maximum atomic E-state index is 11.8. The first-order chi connectivity index (χ1) is 7.22. The molecule has 1 atom stereocenters. The highest BCUT2D eigenvalue weighted by molar-refractivity contribution is 6.05. The predicted molar refractivity (Wildman–Crippen MR) is 56.2 cm³/mol. The van der Waals surface area contributed by atoms with Crippen LogP contribution >= 0.6 is 0 Å². The fraction of sp³-hybridized carbons (Fsp3) is 0.818. The van der Waals surface area contributed by atoms with Crippen LogP contribution in [0.1, 0.15) is 39.0 Å². The molecule has 1 heterocycles. The molecule has 0 aromatic carbocycles. The van der Waals surface area contributed by atoms with E-state index in [4.69, 9.17) is 0 Å². The smallest absolute Gasteiger partial charge is 0.246 e. The van der Waals surface area contributed by atoms with Gasteiger partial charge in [-0.25, -0.2) is 0 Å². The van der Waals surface area contributed by atoms with Crippen LogP contribution in [0.15, 0.2) is 0 Å². The van der Waals surface area contributed by atoms with Crippen LogP contribution in [0.5, 0.6) is 0 Å². The molecule has 4 nitrogen and oxygen atoms in total. The molecular formula is C11H18N2O2. The Morgan fingerprint density at radius 2 is 2.00 bits per heavy atom. The first-order valence-electron chi connectivity index (χ1n) is 5.82. The van der Waals surface area contributed by atoms with Crippen LogP contribution in [0.4, 0.5) is 0 Å². The highest BCUT2D eigenvalue weighted by atomic mass is 16.2. The van der Waals surface area contributed by atoms with Gasteiger partial charge in [0.1, 0.15) is 0 Å². The van der Waals surface area contributed by atoms with Gasteiger partial charge in [0.2, 0.25) is 11.8 Å². The molecule has 0 aromatic rings. The topological polar surface area (TPSA) is 49.4 Å². The van der Waals surface area contributed by atoms with Crippen LogP contribution in [0, 0.1) is 0 Å². The van der Waals surface area contributed by atoms with E-state index in [0.29, 0.717) is 19.0 Å². The SMILES string of the molecule is CCN1C(=O)CC(NC2CCCC2)C1=O. The summed E-state index contributed by atoms with van der Waals surface area (Å²) in [4.78, 5) is 24.6. The van der Waals surface area contributed by atoms with Crippen LogP contribution in [0.2, 0.25) is 0 Å². The summed E-state index contributed by atoms with van der Waals surface area (Å²) in [6.07, 6.45) is 5.12. The fourth-order valence-electron chi connectivity index (χ4n) is 2.52. The van der Waals surface area contributed by atoms with E-state index in [2.05, 4.69) is 5.32 Å².